The number of hydrogen-bond donors (Lipinski definition) is 0. The average Bonchev–Trinajstić information content (AvgIpc) is 2.31. The van der Waals surface area contributed by atoms with Gasteiger partial charge in [-0.3, -0.25) is 9.97 Å². The molecule has 0 amide bonds. The summed E-state index contributed by atoms with van der Waals surface area (Å²) in [6, 6.07) is 11.6. The second kappa shape index (κ2) is 5.42. The van der Waals surface area contributed by atoms with E-state index in [1.807, 2.05) is 36.4 Å². The summed E-state index contributed by atoms with van der Waals surface area (Å²) in [6.07, 6.45) is 3.54. The van der Waals surface area contributed by atoms with Crippen LogP contribution in [-0.4, -0.2) is 22.8 Å². The molecule has 0 aliphatic heterocycles. The topological polar surface area (TPSA) is 29.0 Å². The molecule has 16 heavy (non-hydrogen) atoms. The van der Waals surface area contributed by atoms with E-state index in [1.54, 1.807) is 17.2 Å². The Morgan fingerprint density at radius 1 is 0.875 bits per heavy atom. The largest absolute Gasteiger partial charge is 0.571 e. The fourth-order valence-corrected chi connectivity index (χ4v) is 1.46. The van der Waals surface area contributed by atoms with Crippen molar-refractivity contribution in [2.24, 2.45) is 0 Å². The molecule has 0 spiro atoms. The third-order valence-corrected chi connectivity index (χ3v) is 2.18. The van der Waals surface area contributed by atoms with E-state index >= 15 is 0 Å². The summed E-state index contributed by atoms with van der Waals surface area (Å²) < 4.78 is 0. The molecule has 2 heterocycles. The first-order valence-corrected chi connectivity index (χ1v) is 5.14. The molecule has 0 N–H and O–H groups in total. The fraction of sp³-hybridized carbons (Fsp3) is 0.167. The Morgan fingerprint density at radius 3 is 1.75 bits per heavy atom. The summed E-state index contributed by atoms with van der Waals surface area (Å²) in [6.45, 7) is 1.24. The summed E-state index contributed by atoms with van der Waals surface area (Å²) in [5, 5.41) is 0. The highest BCUT2D eigenvalue weighted by atomic mass is 15.0. The van der Waals surface area contributed by atoms with Gasteiger partial charge in [0, 0.05) is 12.4 Å². The van der Waals surface area contributed by atoms with Gasteiger partial charge in [0.15, 0.2) is 0 Å². The zero-order chi connectivity index (χ0) is 11.2. The maximum Gasteiger partial charge on any atom is 0.0507 e. The predicted octanol–water partition coefficient (Wildman–Crippen LogP) is 1.56. The van der Waals surface area contributed by atoms with E-state index in [0.29, 0.717) is 13.1 Å². The molecule has 0 atom stereocenters. The van der Waals surface area contributed by atoms with E-state index in [0.717, 1.165) is 11.4 Å². The van der Waals surface area contributed by atoms with Crippen LogP contribution >= 0.6 is 0 Å². The van der Waals surface area contributed by atoms with Crippen LogP contribution in [0.25, 0.3) is 0 Å². The molecule has 79 valence electrons. The number of pyridine rings is 2. The molecule has 3 radical (unpaired) electrons. The van der Waals surface area contributed by atoms with Gasteiger partial charge in [-0.15, -0.1) is 0 Å². The van der Waals surface area contributed by atoms with Crippen LogP contribution in [0, 0.1) is 0 Å². The second-order valence-corrected chi connectivity index (χ2v) is 3.55. The average molecular weight is 209 g/mol. The number of hydrogen-bond acceptors (Lipinski definition) is 3. The van der Waals surface area contributed by atoms with Crippen LogP contribution in [0.2, 0.25) is 0 Å². The minimum atomic E-state index is 0.622. The second-order valence-electron chi connectivity index (χ2n) is 3.55. The summed E-state index contributed by atoms with van der Waals surface area (Å²) in [5.74, 6) is 0. The normalized spacial score (nSPS) is 10.6. The van der Waals surface area contributed by atoms with Crippen molar-refractivity contribution < 1.29 is 0 Å². The highest BCUT2D eigenvalue weighted by molar-refractivity contribution is 6.04. The van der Waals surface area contributed by atoms with Crippen LogP contribution < -0.4 is 0 Å². The van der Waals surface area contributed by atoms with Crippen LogP contribution in [0.5, 0.6) is 0 Å². The highest BCUT2D eigenvalue weighted by Crippen LogP contribution is 2.03. The van der Waals surface area contributed by atoms with E-state index in [1.165, 1.54) is 0 Å². The van der Waals surface area contributed by atoms with Gasteiger partial charge >= 0.3 is 0 Å². The minimum absolute atomic E-state index is 0.622. The third-order valence-electron chi connectivity index (χ3n) is 2.18. The molecular formula is C12H12BN3-. The Kier molecular flexibility index (Phi) is 3.67. The van der Waals surface area contributed by atoms with Crippen molar-refractivity contribution in [2.45, 2.75) is 13.1 Å². The standard InChI is InChI=1S/C12H12BN3/c13-16(9-11-5-1-3-7-14-11)10-12-6-2-4-8-15-12/h1-8H,9-10H2/q-1. The molecule has 0 saturated carbocycles. The molecule has 0 bridgehead atoms. The Bertz CT molecular complexity index is 377. The van der Waals surface area contributed by atoms with Gasteiger partial charge in [-0.2, -0.15) is 0 Å². The fourth-order valence-electron chi connectivity index (χ4n) is 1.46. The molecule has 2 aromatic heterocycles. The van der Waals surface area contributed by atoms with Gasteiger partial charge in [-0.1, -0.05) is 12.1 Å². The van der Waals surface area contributed by atoms with Crippen LogP contribution in [0.15, 0.2) is 48.8 Å². The summed E-state index contributed by atoms with van der Waals surface area (Å²) in [5.41, 5.74) is 1.92. The number of rotatable bonds is 4. The quantitative estimate of drug-likeness (QED) is 0.715. The molecule has 0 unspecified atom stereocenters. The van der Waals surface area contributed by atoms with Crippen molar-refractivity contribution in [3.05, 3.63) is 60.2 Å². The minimum Gasteiger partial charge on any atom is -0.571 e. The van der Waals surface area contributed by atoms with E-state index in [2.05, 4.69) is 9.97 Å². The maximum absolute atomic E-state index is 5.89. The van der Waals surface area contributed by atoms with Gasteiger partial charge in [0.2, 0.25) is 0 Å². The molecule has 0 aromatic carbocycles. The first-order chi connectivity index (χ1) is 7.84. The monoisotopic (exact) mass is 209 g/mol. The van der Waals surface area contributed by atoms with Crippen molar-refractivity contribution in [3.8, 4) is 0 Å². The maximum atomic E-state index is 5.89. The van der Waals surface area contributed by atoms with Crippen molar-refractivity contribution >= 4 is 7.98 Å². The number of nitrogens with zero attached hydrogens (tertiary/aromatic N) is 3. The Hall–Kier alpha value is -1.68. The molecule has 0 saturated heterocycles. The van der Waals surface area contributed by atoms with Gasteiger partial charge in [0.25, 0.3) is 0 Å². The molecule has 0 fully saturated rings. The lowest BCUT2D eigenvalue weighted by Crippen LogP contribution is -2.20. The summed E-state index contributed by atoms with van der Waals surface area (Å²) in [7, 11) is 5.89. The van der Waals surface area contributed by atoms with Crippen LogP contribution in [0.1, 0.15) is 11.4 Å². The molecule has 2 rings (SSSR count). The molecule has 4 heteroatoms. The van der Waals surface area contributed by atoms with Crippen molar-refractivity contribution in [1.29, 1.82) is 0 Å². The van der Waals surface area contributed by atoms with E-state index in [4.69, 9.17) is 7.98 Å². The van der Waals surface area contributed by atoms with Crippen molar-refractivity contribution in [1.82, 2.24) is 14.8 Å². The summed E-state index contributed by atoms with van der Waals surface area (Å²) in [4.78, 5) is 10.1. The zero-order valence-corrected chi connectivity index (χ0v) is 8.95. The number of aromatic nitrogens is 2. The SMILES string of the molecule is [B-]N(Cc1ccccn1)Cc1ccccn1. The van der Waals surface area contributed by atoms with Crippen LogP contribution in [-0.2, 0) is 13.1 Å². The first-order valence-electron chi connectivity index (χ1n) is 5.14. The summed E-state index contributed by atoms with van der Waals surface area (Å²) >= 11 is 0. The highest BCUT2D eigenvalue weighted by Gasteiger charge is 1.94. The van der Waals surface area contributed by atoms with Gasteiger partial charge < -0.3 is 12.8 Å². The van der Waals surface area contributed by atoms with Gasteiger partial charge in [0.05, 0.1) is 11.4 Å². The lowest BCUT2D eigenvalue weighted by molar-refractivity contribution is 0.431. The van der Waals surface area contributed by atoms with Crippen molar-refractivity contribution in [2.75, 3.05) is 0 Å². The molecule has 0 aliphatic carbocycles. The Labute approximate surface area is 96.6 Å². The molecule has 2 aromatic rings. The van der Waals surface area contributed by atoms with Crippen LogP contribution in [0.4, 0.5) is 0 Å². The first kappa shape index (κ1) is 10.8. The molecule has 3 nitrogen and oxygen atoms in total. The zero-order valence-electron chi connectivity index (χ0n) is 8.95. The van der Waals surface area contributed by atoms with Gasteiger partial charge in [0.1, 0.15) is 0 Å². The Balaban J connectivity index is 1.92. The Morgan fingerprint density at radius 2 is 1.38 bits per heavy atom. The molecule has 0 aliphatic rings. The van der Waals surface area contributed by atoms with E-state index < -0.39 is 0 Å². The van der Waals surface area contributed by atoms with E-state index in [-0.39, 0.29) is 0 Å². The molecular weight excluding hydrogens is 197 g/mol. The van der Waals surface area contributed by atoms with Gasteiger partial charge in [-0.25, -0.2) is 0 Å². The lowest BCUT2D eigenvalue weighted by atomic mass is 10.2. The van der Waals surface area contributed by atoms with Crippen molar-refractivity contribution in [3.63, 3.8) is 0 Å². The smallest absolute Gasteiger partial charge is 0.0507 e. The van der Waals surface area contributed by atoms with Gasteiger partial charge in [-0.05, 0) is 37.4 Å². The van der Waals surface area contributed by atoms with E-state index in [9.17, 15) is 0 Å². The lowest BCUT2D eigenvalue weighted by Gasteiger charge is -2.31. The predicted molar refractivity (Wildman–Crippen MR) is 63.5 cm³/mol. The third kappa shape index (κ3) is 3.17. The van der Waals surface area contributed by atoms with Crippen LogP contribution in [0.3, 0.4) is 0 Å².